The molecule has 2 aliphatic heterocycles. The highest BCUT2D eigenvalue weighted by Gasteiger charge is 2.49. The maximum Gasteiger partial charge on any atom is 0.410 e. The first-order chi connectivity index (χ1) is 11.5. The molecule has 2 fully saturated rings. The lowest BCUT2D eigenvalue weighted by atomic mass is 9.86. The van der Waals surface area contributed by atoms with Crippen molar-refractivity contribution in [3.8, 4) is 0 Å². The summed E-state index contributed by atoms with van der Waals surface area (Å²) in [6.45, 7) is 12.6. The predicted molar refractivity (Wildman–Crippen MR) is 99.9 cm³/mol. The highest BCUT2D eigenvalue weighted by Crippen LogP contribution is 2.37. The lowest BCUT2D eigenvalue weighted by Gasteiger charge is -2.41. The number of hydrogen-bond acceptors (Lipinski definition) is 5. The summed E-state index contributed by atoms with van der Waals surface area (Å²) >= 11 is 1.90. The molecule has 6 nitrogen and oxygen atoms in total. The van der Waals surface area contributed by atoms with E-state index in [2.05, 4.69) is 13.8 Å². The molecular weight excluding hydrogens is 340 g/mol. The van der Waals surface area contributed by atoms with Crippen LogP contribution in [0.1, 0.15) is 41.0 Å². The summed E-state index contributed by atoms with van der Waals surface area (Å²) in [5.41, 5.74) is -1.20. The van der Waals surface area contributed by atoms with Gasteiger partial charge in [0.1, 0.15) is 5.60 Å². The van der Waals surface area contributed by atoms with Gasteiger partial charge in [0, 0.05) is 43.8 Å². The van der Waals surface area contributed by atoms with Gasteiger partial charge in [0.2, 0.25) is 5.91 Å². The van der Waals surface area contributed by atoms with E-state index in [0.717, 1.165) is 18.8 Å². The molecule has 0 aromatic carbocycles. The van der Waals surface area contributed by atoms with Gasteiger partial charge < -0.3 is 19.3 Å². The molecule has 1 atom stereocenters. The van der Waals surface area contributed by atoms with Gasteiger partial charge in [-0.3, -0.25) is 4.79 Å². The van der Waals surface area contributed by atoms with Gasteiger partial charge >= 0.3 is 6.09 Å². The Morgan fingerprint density at radius 3 is 2.36 bits per heavy atom. The van der Waals surface area contributed by atoms with Crippen molar-refractivity contribution < 1.29 is 19.1 Å². The average Bonchev–Trinajstić information content (AvgIpc) is 2.89. The van der Waals surface area contributed by atoms with E-state index < -0.39 is 11.0 Å². The number of amides is 2. The molecule has 0 aliphatic carbocycles. The Kier molecular flexibility index (Phi) is 5.99. The number of ether oxygens (including phenoxy) is 2. The number of carbonyl (C=O) groups excluding carboxylic acids is 2. The second-order valence-corrected chi connectivity index (χ2v) is 10.5. The zero-order valence-electron chi connectivity index (χ0n) is 16.4. The van der Waals surface area contributed by atoms with E-state index in [4.69, 9.17) is 9.47 Å². The molecular formula is C18H32N2O4S. The maximum absolute atomic E-state index is 13.3. The van der Waals surface area contributed by atoms with Crippen LogP contribution in [0.15, 0.2) is 0 Å². The molecule has 2 heterocycles. The fourth-order valence-corrected chi connectivity index (χ4v) is 4.62. The maximum atomic E-state index is 13.3. The summed E-state index contributed by atoms with van der Waals surface area (Å²) in [6, 6.07) is 0. The first-order valence-corrected chi connectivity index (χ1v) is 9.87. The van der Waals surface area contributed by atoms with E-state index in [1.54, 1.807) is 12.0 Å². The summed E-state index contributed by atoms with van der Waals surface area (Å²) < 4.78 is 10.9. The number of hydrogen-bond donors (Lipinski definition) is 0. The number of methoxy groups -OCH3 is 1. The van der Waals surface area contributed by atoms with Gasteiger partial charge in [-0.15, -0.1) is 0 Å². The topological polar surface area (TPSA) is 59.1 Å². The predicted octanol–water partition coefficient (Wildman–Crippen LogP) is 2.61. The number of thioether (sulfide) groups is 1. The highest BCUT2D eigenvalue weighted by atomic mass is 32.2. The van der Waals surface area contributed by atoms with E-state index in [9.17, 15) is 9.59 Å². The van der Waals surface area contributed by atoms with Crippen LogP contribution < -0.4 is 0 Å². The van der Waals surface area contributed by atoms with Crippen LogP contribution in [0, 0.1) is 5.41 Å². The minimum atomic E-state index is -0.663. The molecule has 0 aromatic heterocycles. The van der Waals surface area contributed by atoms with Crippen molar-refractivity contribution in [3.05, 3.63) is 0 Å². The fraction of sp³-hybridized carbons (Fsp3) is 0.889. The number of likely N-dealkylation sites (tertiary alicyclic amines) is 1. The molecule has 0 unspecified atom stereocenters. The largest absolute Gasteiger partial charge is 0.444 e. The van der Waals surface area contributed by atoms with Gasteiger partial charge in [-0.05, 0) is 41.0 Å². The van der Waals surface area contributed by atoms with Crippen molar-refractivity contribution in [1.29, 1.82) is 0 Å². The quantitative estimate of drug-likeness (QED) is 0.762. The van der Waals surface area contributed by atoms with Gasteiger partial charge in [0.05, 0.1) is 12.0 Å². The molecule has 0 radical (unpaired) electrons. The summed E-state index contributed by atoms with van der Waals surface area (Å²) in [4.78, 5) is 29.3. The summed E-state index contributed by atoms with van der Waals surface area (Å²) in [5, 5.41) is 0. The van der Waals surface area contributed by atoms with Crippen molar-refractivity contribution in [2.75, 3.05) is 45.6 Å². The summed E-state index contributed by atoms with van der Waals surface area (Å²) in [6.07, 6.45) is 0.260. The van der Waals surface area contributed by atoms with Crippen LogP contribution in [0.4, 0.5) is 4.79 Å². The molecule has 0 aromatic rings. The van der Waals surface area contributed by atoms with Gasteiger partial charge in [0.15, 0.2) is 0 Å². The Morgan fingerprint density at radius 1 is 1.12 bits per heavy atom. The first kappa shape index (κ1) is 20.4. The van der Waals surface area contributed by atoms with E-state index in [-0.39, 0.29) is 16.7 Å². The van der Waals surface area contributed by atoms with Crippen molar-refractivity contribution in [2.45, 2.75) is 51.4 Å². The minimum Gasteiger partial charge on any atom is -0.444 e. The third-order valence-electron chi connectivity index (χ3n) is 4.59. The Hall–Kier alpha value is -0.950. The molecule has 0 N–H and O–H groups in total. The third-order valence-corrected chi connectivity index (χ3v) is 5.89. The molecule has 2 aliphatic rings. The van der Waals surface area contributed by atoms with Gasteiger partial charge in [0.25, 0.3) is 0 Å². The summed E-state index contributed by atoms with van der Waals surface area (Å²) in [7, 11) is 1.61. The Labute approximate surface area is 155 Å². The monoisotopic (exact) mass is 372 g/mol. The minimum absolute atomic E-state index is 0.0611. The first-order valence-electron chi connectivity index (χ1n) is 8.88. The average molecular weight is 373 g/mol. The van der Waals surface area contributed by atoms with Crippen molar-refractivity contribution in [2.24, 2.45) is 5.41 Å². The SMILES string of the molecule is COC[C@@]1(C(=O)N2CCSC(C)(C)C2)CCN(C(=O)OC(C)(C)C)C1. The number of carbonyl (C=O) groups is 2. The molecule has 0 spiro atoms. The van der Waals surface area contributed by atoms with Crippen molar-refractivity contribution >= 4 is 23.8 Å². The Balaban J connectivity index is 2.11. The van der Waals surface area contributed by atoms with Crippen molar-refractivity contribution in [1.82, 2.24) is 9.80 Å². The molecule has 2 amide bonds. The molecule has 2 rings (SSSR count). The molecule has 25 heavy (non-hydrogen) atoms. The molecule has 7 heteroatoms. The summed E-state index contributed by atoms with van der Waals surface area (Å²) in [5.74, 6) is 1.05. The molecule has 0 saturated carbocycles. The lowest BCUT2D eigenvalue weighted by molar-refractivity contribution is -0.144. The van der Waals surface area contributed by atoms with E-state index >= 15 is 0 Å². The van der Waals surface area contributed by atoms with Crippen LogP contribution in [0.25, 0.3) is 0 Å². The number of rotatable bonds is 3. The normalized spacial score (nSPS) is 26.6. The van der Waals surface area contributed by atoms with Crippen LogP contribution >= 0.6 is 11.8 Å². The molecule has 2 saturated heterocycles. The van der Waals surface area contributed by atoms with E-state index in [1.165, 1.54) is 0 Å². The van der Waals surface area contributed by atoms with Crippen LogP contribution in [0.2, 0.25) is 0 Å². The van der Waals surface area contributed by atoms with E-state index in [1.807, 2.05) is 37.4 Å². The zero-order chi connectivity index (χ0) is 18.9. The molecule has 144 valence electrons. The van der Waals surface area contributed by atoms with Gasteiger partial charge in [-0.25, -0.2) is 4.79 Å². The zero-order valence-corrected chi connectivity index (χ0v) is 17.2. The van der Waals surface area contributed by atoms with Crippen LogP contribution in [-0.2, 0) is 14.3 Å². The van der Waals surface area contributed by atoms with E-state index in [0.29, 0.717) is 26.1 Å². The Bertz CT molecular complexity index is 518. The fourth-order valence-electron chi connectivity index (χ4n) is 3.51. The standard InChI is InChI=1S/C18H32N2O4S/c1-16(2,3)24-15(22)20-8-7-18(12-20,13-23-6)14(21)19-9-10-25-17(4,5)11-19/h7-13H2,1-6H3/t18-/m1/s1. The highest BCUT2D eigenvalue weighted by molar-refractivity contribution is 8.00. The Morgan fingerprint density at radius 2 is 1.80 bits per heavy atom. The smallest absolute Gasteiger partial charge is 0.410 e. The second kappa shape index (κ2) is 7.35. The third kappa shape index (κ3) is 5.03. The van der Waals surface area contributed by atoms with Crippen LogP contribution in [0.3, 0.4) is 0 Å². The van der Waals surface area contributed by atoms with Crippen LogP contribution in [0.5, 0.6) is 0 Å². The van der Waals surface area contributed by atoms with Crippen LogP contribution in [-0.4, -0.2) is 77.8 Å². The van der Waals surface area contributed by atoms with Gasteiger partial charge in [-0.2, -0.15) is 11.8 Å². The lowest BCUT2D eigenvalue weighted by Crippen LogP contribution is -2.54. The number of nitrogens with zero attached hydrogens (tertiary/aromatic N) is 2. The molecule has 0 bridgehead atoms. The second-order valence-electron chi connectivity index (χ2n) is 8.70. The van der Waals surface area contributed by atoms with Crippen molar-refractivity contribution in [3.63, 3.8) is 0 Å². The van der Waals surface area contributed by atoms with Gasteiger partial charge in [-0.1, -0.05) is 0 Å².